The first kappa shape index (κ1) is 60.1. The molecule has 22 heteroatoms. The summed E-state index contributed by atoms with van der Waals surface area (Å²) >= 11 is 0. The summed E-state index contributed by atoms with van der Waals surface area (Å²) in [5.41, 5.74) is 8.01. The summed E-state index contributed by atoms with van der Waals surface area (Å²) in [5.74, 6) is 0.883. The molecule has 0 spiro atoms. The Balaban J connectivity index is 0.000000240. The number of fused-ring (bicyclic) bond motifs is 4. The Labute approximate surface area is 495 Å². The van der Waals surface area contributed by atoms with E-state index in [2.05, 4.69) is 11.9 Å². The van der Waals surface area contributed by atoms with E-state index in [1.807, 2.05) is 57.2 Å². The SMILES string of the molecule is C=c1ccc2c(c1)Oc1cc(C)ccc1C=2c1ccc(S(=O)(=O)[O-])cc1S(=O)(=O)[O-].CC1=CC(S(=O)(=O)[O-])=CC(C)C1N=c1ccc2c(-c3ccccc3S(=O)(=O)[O-])c3ccc(Nc4c(C)cccc4C)cc3oc-2c1.[Na+].[Na+]. The van der Waals surface area contributed by atoms with Crippen LogP contribution in [-0.2, 0) is 40.5 Å². The first-order valence-corrected chi connectivity index (χ1v) is 28.8. The smallest absolute Gasteiger partial charge is 0.744 e. The van der Waals surface area contributed by atoms with Gasteiger partial charge < -0.3 is 32.7 Å². The maximum absolute atomic E-state index is 12.4. The molecule has 0 bridgehead atoms. The van der Waals surface area contributed by atoms with E-state index in [9.17, 15) is 51.9 Å². The number of rotatable bonds is 9. The van der Waals surface area contributed by atoms with Gasteiger partial charge >= 0.3 is 59.1 Å². The van der Waals surface area contributed by atoms with Gasteiger partial charge in [-0.1, -0.05) is 86.3 Å². The van der Waals surface area contributed by atoms with E-state index in [0.29, 0.717) is 77.9 Å². The van der Waals surface area contributed by atoms with Crippen molar-refractivity contribution in [1.29, 1.82) is 0 Å². The molecule has 2 aliphatic carbocycles. The van der Waals surface area contributed by atoms with Gasteiger partial charge in [0.15, 0.2) is 0 Å². The summed E-state index contributed by atoms with van der Waals surface area (Å²) in [6, 6.07) is 35.5. The van der Waals surface area contributed by atoms with Crippen molar-refractivity contribution in [2.45, 2.75) is 55.3 Å². The van der Waals surface area contributed by atoms with Crippen LogP contribution >= 0.6 is 0 Å². The number of hydrogen-bond acceptors (Lipinski definition) is 16. The third-order valence-corrected chi connectivity index (χ3v) is 16.4. The molecule has 390 valence electrons. The van der Waals surface area contributed by atoms with Crippen LogP contribution in [-0.4, -0.2) is 57.9 Å². The van der Waals surface area contributed by atoms with Crippen molar-refractivity contribution < 1.29 is 120 Å². The molecular weight excluding hydrogens is 1100 g/mol. The summed E-state index contributed by atoms with van der Waals surface area (Å²) in [6.45, 7) is 13.3. The summed E-state index contributed by atoms with van der Waals surface area (Å²) in [7, 11) is -19.5. The molecule has 2 atom stereocenters. The monoisotopic (exact) mass is 1140 g/mol. The Morgan fingerprint density at radius 2 is 1.27 bits per heavy atom. The molecule has 16 nitrogen and oxygen atoms in total. The van der Waals surface area contributed by atoms with Crippen molar-refractivity contribution >= 4 is 75.0 Å². The number of para-hydroxylation sites is 1. The van der Waals surface area contributed by atoms with Crippen LogP contribution in [0.5, 0.6) is 11.5 Å². The van der Waals surface area contributed by atoms with Gasteiger partial charge in [0, 0.05) is 73.4 Å². The number of aryl methyl sites for hydroxylation is 3. The van der Waals surface area contributed by atoms with E-state index < -0.39 is 56.3 Å². The molecule has 0 amide bonds. The molecule has 6 aromatic carbocycles. The minimum atomic E-state index is -5.11. The fourth-order valence-electron chi connectivity index (χ4n) is 9.44. The average Bonchev–Trinajstić information content (AvgIpc) is 3.46. The van der Waals surface area contributed by atoms with Gasteiger partial charge in [0.2, 0.25) is 0 Å². The van der Waals surface area contributed by atoms with Crippen molar-refractivity contribution in [3.63, 3.8) is 0 Å². The van der Waals surface area contributed by atoms with Crippen molar-refractivity contribution in [3.8, 4) is 33.9 Å². The van der Waals surface area contributed by atoms with E-state index in [4.69, 9.17) is 14.1 Å². The molecule has 78 heavy (non-hydrogen) atoms. The normalized spacial score (nSPS) is 15.6. The number of anilines is 2. The van der Waals surface area contributed by atoms with Crippen LogP contribution in [0, 0.1) is 26.7 Å². The van der Waals surface area contributed by atoms with Crippen molar-refractivity contribution in [2.24, 2.45) is 10.9 Å². The Morgan fingerprint density at radius 3 is 1.92 bits per heavy atom. The quantitative estimate of drug-likeness (QED) is 0.123. The van der Waals surface area contributed by atoms with Gasteiger partial charge in [-0.3, -0.25) is 4.99 Å². The fraction of sp³-hybridized carbons (Fsp3) is 0.125. The molecule has 2 aliphatic heterocycles. The maximum atomic E-state index is 12.4. The topological polar surface area (TPSA) is 276 Å². The third kappa shape index (κ3) is 12.6. The first-order valence-electron chi connectivity index (χ1n) is 23.1. The first-order chi connectivity index (χ1) is 35.6. The predicted molar refractivity (Wildman–Crippen MR) is 282 cm³/mol. The van der Waals surface area contributed by atoms with Crippen LogP contribution in [0.4, 0.5) is 11.4 Å². The molecule has 0 saturated heterocycles. The molecule has 0 fully saturated rings. The van der Waals surface area contributed by atoms with Crippen molar-refractivity contribution in [2.75, 3.05) is 5.32 Å². The van der Waals surface area contributed by atoms with Gasteiger partial charge in [-0.2, -0.15) is 0 Å². The summed E-state index contributed by atoms with van der Waals surface area (Å²) in [5, 5.41) is 5.76. The zero-order valence-electron chi connectivity index (χ0n) is 43.0. The van der Waals surface area contributed by atoms with Gasteiger partial charge in [-0.25, -0.2) is 33.7 Å². The van der Waals surface area contributed by atoms with Crippen LogP contribution in [0.15, 0.2) is 180 Å². The second-order valence-electron chi connectivity index (χ2n) is 18.4. The molecule has 0 radical (unpaired) electrons. The molecule has 6 aromatic rings. The predicted octanol–water partition coefficient (Wildman–Crippen LogP) is 2.34. The standard InChI is InChI=1S/C35H32N2O7S2.C21H16O7S2.2Na/c1-20-8-7-9-21(2)34(20)36-24-12-14-27-30(18-24)44-31-19-25(37-35-22(3)16-26(17-23(35)4)45(38,39)40)13-15-28(31)33(27)29-10-5-6-11-32(29)46(41,42)43;1-12-3-6-15-18(9-12)28-19-10-13(2)4-7-16(19)21(15)17-8-5-14(29(22,23)24)11-20(17)30(25,26)27;;/h5-19,22,35-36H,1-4H3,(H,38,39,40)(H,41,42,43);3-11H,1H2,2H3,(H,22,23,24)(H,25,26,27);;/q;;2*+1/p-4. The van der Waals surface area contributed by atoms with Crippen LogP contribution in [0.2, 0.25) is 0 Å². The Morgan fingerprint density at radius 1 is 0.603 bits per heavy atom. The zero-order chi connectivity index (χ0) is 54.8. The average molecular weight is 1140 g/mol. The third-order valence-electron chi connectivity index (χ3n) is 12.9. The zero-order valence-corrected chi connectivity index (χ0v) is 50.3. The number of nitrogens with zero attached hydrogens (tertiary/aromatic N) is 1. The van der Waals surface area contributed by atoms with Crippen LogP contribution in [0.1, 0.15) is 41.7 Å². The van der Waals surface area contributed by atoms with Gasteiger partial charge in [-0.05, 0) is 116 Å². The van der Waals surface area contributed by atoms with E-state index >= 15 is 0 Å². The van der Waals surface area contributed by atoms with E-state index in [-0.39, 0.29) is 86.0 Å². The molecule has 4 aliphatic rings. The molecular formula is C56H44N2Na2O14S4-2. The van der Waals surface area contributed by atoms with Gasteiger partial charge in [-0.15, -0.1) is 0 Å². The molecule has 10 rings (SSSR count). The molecule has 0 saturated carbocycles. The Kier molecular flexibility index (Phi) is 17.7. The van der Waals surface area contributed by atoms with Crippen molar-refractivity contribution in [1.82, 2.24) is 0 Å². The van der Waals surface area contributed by atoms with Gasteiger partial charge in [0.25, 0.3) is 0 Å². The summed E-state index contributed by atoms with van der Waals surface area (Å²) < 4.78 is 155. The van der Waals surface area contributed by atoms with E-state index in [1.165, 1.54) is 24.3 Å². The number of hydrogen-bond donors (Lipinski definition) is 1. The van der Waals surface area contributed by atoms with Crippen LogP contribution < -0.4 is 85.0 Å². The second kappa shape index (κ2) is 22.9. The number of benzene rings is 7. The number of nitrogens with one attached hydrogen (secondary N) is 1. The molecule has 2 heterocycles. The number of ether oxygens (including phenoxy) is 1. The van der Waals surface area contributed by atoms with Crippen LogP contribution in [0.3, 0.4) is 0 Å². The van der Waals surface area contributed by atoms with Gasteiger partial charge in [0.1, 0.15) is 63.3 Å². The minimum Gasteiger partial charge on any atom is -0.744 e. The van der Waals surface area contributed by atoms with Crippen LogP contribution in [0.25, 0.3) is 45.6 Å². The summed E-state index contributed by atoms with van der Waals surface area (Å²) in [6.07, 6.45) is 2.75. The maximum Gasteiger partial charge on any atom is 1.00 e. The number of allylic oxidation sites excluding steroid dienone is 1. The van der Waals surface area contributed by atoms with Crippen molar-refractivity contribution in [3.05, 3.63) is 200 Å². The largest absolute Gasteiger partial charge is 1.00 e. The minimum absolute atomic E-state index is 0. The van der Waals surface area contributed by atoms with E-state index in [0.717, 1.165) is 40.2 Å². The summed E-state index contributed by atoms with van der Waals surface area (Å²) in [4.78, 5) is 2.64. The second-order valence-corrected chi connectivity index (χ2v) is 23.9. The van der Waals surface area contributed by atoms with E-state index in [1.54, 1.807) is 80.6 Å². The van der Waals surface area contributed by atoms with Gasteiger partial charge in [0.05, 0.1) is 31.0 Å². The Bertz CT molecular complexity index is 4440. The fourth-order valence-corrected chi connectivity index (χ4v) is 12.1. The Hall–Kier alpha value is -5.53. The molecule has 1 N–H and O–H groups in total. The molecule has 0 aromatic heterocycles. The molecule has 2 unspecified atom stereocenters.